The third-order valence-corrected chi connectivity index (χ3v) is 3.19. The molecule has 0 saturated carbocycles. The molecule has 136 valence electrons. The van der Waals surface area contributed by atoms with Crippen molar-refractivity contribution < 1.29 is 17.0 Å². The van der Waals surface area contributed by atoms with Crippen LogP contribution in [0, 0.1) is 0 Å². The van der Waals surface area contributed by atoms with Crippen LogP contribution in [0.15, 0.2) is 54.6 Å². The van der Waals surface area contributed by atoms with Crippen LogP contribution in [0.3, 0.4) is 0 Å². The molecule has 0 spiro atoms. The normalized spacial score (nSPS) is 11.4. The van der Waals surface area contributed by atoms with E-state index in [1.165, 1.54) is 21.5 Å². The molecule has 0 amide bonds. The minimum atomic E-state index is -0.556. The molecule has 0 saturated heterocycles. The Morgan fingerprint density at radius 3 is 1.32 bits per heavy atom. The number of hydrogen-bond donors (Lipinski definition) is 0. The number of benzene rings is 2. The van der Waals surface area contributed by atoms with E-state index in [1.807, 2.05) is 0 Å². The number of halogens is 2. The number of fused-ring (bicyclic) bond motifs is 3. The minimum Gasteiger partial charge on any atom is -0.126 e. The van der Waals surface area contributed by atoms with E-state index in [2.05, 4.69) is 101 Å². The molecule has 0 radical (unpaired) electrons. The van der Waals surface area contributed by atoms with Gasteiger partial charge in [0.05, 0.1) is 0 Å². The van der Waals surface area contributed by atoms with Gasteiger partial charge >= 0.3 is 35.6 Å². The molecule has 0 bridgehead atoms. The Bertz CT molecular complexity index is 704. The average molecular weight is 412 g/mol. The van der Waals surface area contributed by atoms with Crippen molar-refractivity contribution in [2.45, 2.75) is 52.6 Å². The van der Waals surface area contributed by atoms with E-state index in [1.54, 1.807) is 0 Å². The van der Waals surface area contributed by atoms with Crippen LogP contribution in [-0.4, -0.2) is 11.1 Å². The van der Waals surface area contributed by atoms with Crippen LogP contribution in [0.25, 0.3) is 26.9 Å². The molecule has 0 aliphatic heterocycles. The van der Waals surface area contributed by atoms with Gasteiger partial charge in [0.2, 0.25) is 0 Å². The Morgan fingerprint density at radius 1 is 0.720 bits per heavy atom. The zero-order valence-corrected chi connectivity index (χ0v) is 19.0. The summed E-state index contributed by atoms with van der Waals surface area (Å²) in [6.45, 7) is 12.7. The van der Waals surface area contributed by atoms with E-state index in [0.717, 1.165) is 0 Å². The Hall–Kier alpha value is -0.436. The van der Waals surface area contributed by atoms with Crippen molar-refractivity contribution in [3.63, 3.8) is 0 Å². The smallest absolute Gasteiger partial charge is 0.0771 e. The second-order valence-electron chi connectivity index (χ2n) is 7.84. The van der Waals surface area contributed by atoms with Crippen LogP contribution in [0.5, 0.6) is 0 Å². The van der Waals surface area contributed by atoms with E-state index in [4.69, 9.17) is 18.6 Å². The molecule has 0 heterocycles. The maximum absolute atomic E-state index is 4.89. The fraction of sp³-hybridized carbons (Fsp3) is 0.381. The van der Waals surface area contributed by atoms with Gasteiger partial charge < -0.3 is 5.32 Å². The third-order valence-electron chi connectivity index (χ3n) is 3.19. The van der Waals surface area contributed by atoms with Crippen LogP contribution in [0.4, 0.5) is 0 Å². The zero-order valence-electron chi connectivity index (χ0n) is 15.9. The molecule has 0 aromatic heterocycles. The van der Waals surface area contributed by atoms with Crippen LogP contribution >= 0.6 is 18.6 Å². The second-order valence-corrected chi connectivity index (χ2v) is 10.4. The van der Waals surface area contributed by atoms with Gasteiger partial charge in [-0.25, -0.2) is 0 Å². The molecule has 0 aliphatic rings. The first-order valence-corrected chi connectivity index (χ1v) is 12.6. The molecule has 0 aliphatic carbocycles. The monoisotopic (exact) mass is 411 g/mol. The van der Waals surface area contributed by atoms with Gasteiger partial charge in [0.25, 0.3) is 0 Å². The van der Waals surface area contributed by atoms with E-state index in [0.29, 0.717) is 0 Å². The standard InChI is InChI=1S/C13H9.C8H18N.2ClH.Ti/c1-3-7-12-10(5-1)9-11-6-2-4-8-13(11)12;1-7(2,3)9-8(4,5)6;;;/h1-9H;1-6H3;2*1H;/q2*-1;;;+2/p-2. The Labute approximate surface area is 169 Å². The molecule has 0 atom stereocenters. The summed E-state index contributed by atoms with van der Waals surface area (Å²) >= 11 is -0.556. The van der Waals surface area contributed by atoms with Crippen LogP contribution in [0.2, 0.25) is 0 Å². The van der Waals surface area contributed by atoms with Crippen LogP contribution < -0.4 is 0 Å². The quantitative estimate of drug-likeness (QED) is 0.262. The number of nitrogens with zero attached hydrogens (tertiary/aromatic N) is 1. The summed E-state index contributed by atoms with van der Waals surface area (Å²) in [4.78, 5) is 0. The van der Waals surface area contributed by atoms with Gasteiger partial charge in [0.1, 0.15) is 0 Å². The molecule has 0 unspecified atom stereocenters. The van der Waals surface area contributed by atoms with Gasteiger partial charge in [0.15, 0.2) is 0 Å². The van der Waals surface area contributed by atoms with Crippen molar-refractivity contribution in [1.82, 2.24) is 0 Å². The summed E-state index contributed by atoms with van der Waals surface area (Å²) < 4.78 is 0. The largest absolute Gasteiger partial charge is 0.126 e. The van der Waals surface area contributed by atoms with Crippen molar-refractivity contribution >= 4 is 40.2 Å². The summed E-state index contributed by atoms with van der Waals surface area (Å²) in [5.41, 5.74) is 0.219. The van der Waals surface area contributed by atoms with E-state index < -0.39 is 17.0 Å². The Kier molecular flexibility index (Phi) is 9.08. The summed E-state index contributed by atoms with van der Waals surface area (Å²) in [6, 6.07) is 19.3. The molecule has 25 heavy (non-hydrogen) atoms. The van der Waals surface area contributed by atoms with Crippen molar-refractivity contribution in [3.8, 4) is 0 Å². The van der Waals surface area contributed by atoms with Gasteiger partial charge in [-0.05, 0) is 0 Å². The first kappa shape index (κ1) is 22.6. The van der Waals surface area contributed by atoms with Crippen molar-refractivity contribution in [3.05, 3.63) is 59.9 Å². The molecular weight excluding hydrogens is 385 g/mol. The second kappa shape index (κ2) is 10.0. The third kappa shape index (κ3) is 8.66. The maximum Gasteiger partial charge on any atom is -0.0771 e. The van der Waals surface area contributed by atoms with Crippen molar-refractivity contribution in [1.29, 1.82) is 0 Å². The number of hydrogen-bond acceptors (Lipinski definition) is 0. The Balaban J connectivity index is 0.000000230. The molecule has 4 heteroatoms. The molecule has 3 aromatic carbocycles. The van der Waals surface area contributed by atoms with Gasteiger partial charge in [-0.2, -0.15) is 0 Å². The summed E-state index contributed by atoms with van der Waals surface area (Å²) in [6.07, 6.45) is 0. The molecule has 0 fully saturated rings. The molecule has 3 rings (SSSR count). The first-order valence-electron chi connectivity index (χ1n) is 8.31. The molecule has 1 nitrogen and oxygen atoms in total. The van der Waals surface area contributed by atoms with Gasteiger partial charge in [0, 0.05) is 0 Å². The average Bonchev–Trinajstić information content (AvgIpc) is 2.83. The molecule has 3 aromatic rings. The minimum absolute atomic E-state index is 0.109. The zero-order chi connectivity index (χ0) is 19.1. The SMILES string of the molecule is CC(C)(C)[N-]C(C)(C)C.[Cl][Ti][Cl].c1ccc2c(c1)[cH-]c1ccccc12. The Morgan fingerprint density at radius 2 is 1.04 bits per heavy atom. The van der Waals surface area contributed by atoms with Crippen LogP contribution in [0.1, 0.15) is 41.5 Å². The topological polar surface area (TPSA) is 14.1 Å². The molecular formula is C21H27Cl2NTi-2. The summed E-state index contributed by atoms with van der Waals surface area (Å²) in [7, 11) is 9.78. The van der Waals surface area contributed by atoms with Gasteiger partial charge in [-0.1, -0.05) is 77.9 Å². The fourth-order valence-corrected chi connectivity index (χ4v) is 2.91. The van der Waals surface area contributed by atoms with Crippen molar-refractivity contribution in [2.75, 3.05) is 0 Å². The predicted octanol–water partition coefficient (Wildman–Crippen LogP) is 8.05. The fourth-order valence-electron chi connectivity index (χ4n) is 2.91. The summed E-state index contributed by atoms with van der Waals surface area (Å²) in [5, 5.41) is 9.93. The van der Waals surface area contributed by atoms with Gasteiger partial charge in [-0.15, -0.1) is 50.8 Å². The van der Waals surface area contributed by atoms with Crippen molar-refractivity contribution in [2.24, 2.45) is 0 Å². The molecule has 0 N–H and O–H groups in total. The van der Waals surface area contributed by atoms with Crippen LogP contribution in [-0.2, 0) is 17.0 Å². The van der Waals surface area contributed by atoms with E-state index in [9.17, 15) is 0 Å². The summed E-state index contributed by atoms with van der Waals surface area (Å²) in [5.74, 6) is 0. The first-order chi connectivity index (χ1) is 11.6. The van der Waals surface area contributed by atoms with E-state index >= 15 is 0 Å². The van der Waals surface area contributed by atoms with E-state index in [-0.39, 0.29) is 11.1 Å². The van der Waals surface area contributed by atoms with Gasteiger partial charge in [-0.3, -0.25) is 0 Å². The number of rotatable bonds is 0. The predicted molar refractivity (Wildman–Crippen MR) is 112 cm³/mol. The maximum atomic E-state index is 4.89.